The minimum atomic E-state index is -0.221. The van der Waals surface area contributed by atoms with Crippen LogP contribution in [0.1, 0.15) is 44.6 Å². The van der Waals surface area contributed by atoms with Crippen LogP contribution >= 0.6 is 11.8 Å². The number of nitrogens with zero attached hydrogens (tertiary/aromatic N) is 2. The zero-order chi connectivity index (χ0) is 15.8. The molecule has 22 heavy (non-hydrogen) atoms. The second-order valence-electron chi connectivity index (χ2n) is 5.40. The molecule has 1 aromatic heterocycles. The van der Waals surface area contributed by atoms with Crippen LogP contribution in [-0.2, 0) is 4.79 Å². The molecule has 2 rings (SSSR count). The van der Waals surface area contributed by atoms with E-state index in [0.29, 0.717) is 17.1 Å². The monoisotopic (exact) mass is 315 g/mol. The molecule has 0 bridgehead atoms. The van der Waals surface area contributed by atoms with Crippen LogP contribution in [0.4, 0.5) is 0 Å². The van der Waals surface area contributed by atoms with Gasteiger partial charge in [0.2, 0.25) is 5.91 Å². The van der Waals surface area contributed by atoms with Gasteiger partial charge in [0, 0.05) is 12.7 Å². The molecule has 1 N–H and O–H groups in total. The molecule has 1 aromatic rings. The molecule has 5 heteroatoms. The van der Waals surface area contributed by atoms with Gasteiger partial charge < -0.3 is 5.32 Å². The molecule has 1 aliphatic carbocycles. The minimum Gasteiger partial charge on any atom is -0.355 e. The maximum Gasteiger partial charge on any atom is 0.233 e. The van der Waals surface area contributed by atoms with Crippen LogP contribution in [0.25, 0.3) is 0 Å². The molecule has 0 unspecified atom stereocenters. The van der Waals surface area contributed by atoms with Crippen molar-refractivity contribution in [3.63, 3.8) is 0 Å². The van der Waals surface area contributed by atoms with Gasteiger partial charge in [-0.1, -0.05) is 23.4 Å². The van der Waals surface area contributed by atoms with Crippen LogP contribution in [0.3, 0.4) is 0 Å². The number of carbonyl (C=O) groups excluding carboxylic acids is 1. The Morgan fingerprint density at radius 3 is 3.14 bits per heavy atom. The van der Waals surface area contributed by atoms with Crippen molar-refractivity contribution in [2.24, 2.45) is 0 Å². The highest BCUT2D eigenvalue weighted by Gasteiger charge is 2.15. The number of amides is 1. The third-order valence-electron chi connectivity index (χ3n) is 3.66. The van der Waals surface area contributed by atoms with E-state index in [1.54, 1.807) is 18.3 Å². The Labute approximate surface area is 136 Å². The van der Waals surface area contributed by atoms with Gasteiger partial charge in [0.1, 0.15) is 0 Å². The van der Waals surface area contributed by atoms with E-state index >= 15 is 0 Å². The standard InChI is InChI=1S/C17H21N3OS/c1-13(22-16-11-15(12-18)8-9-19-16)17(21)20-10-7-14-5-3-2-4-6-14/h5,8-9,11,13H,2-4,6-7,10H2,1H3,(H,20,21)/t13-/m1/s1. The summed E-state index contributed by atoms with van der Waals surface area (Å²) in [7, 11) is 0. The molecule has 1 heterocycles. The fourth-order valence-corrected chi connectivity index (χ4v) is 3.27. The van der Waals surface area contributed by atoms with Crippen LogP contribution in [-0.4, -0.2) is 22.7 Å². The summed E-state index contributed by atoms with van der Waals surface area (Å²) in [5.41, 5.74) is 2.03. The molecule has 0 saturated heterocycles. The number of thioether (sulfide) groups is 1. The van der Waals surface area contributed by atoms with Crippen LogP contribution in [0, 0.1) is 11.3 Å². The van der Waals surface area contributed by atoms with Gasteiger partial charge in [0.15, 0.2) is 0 Å². The second kappa shape index (κ2) is 8.60. The van der Waals surface area contributed by atoms with E-state index in [4.69, 9.17) is 5.26 Å². The highest BCUT2D eigenvalue weighted by atomic mass is 32.2. The highest BCUT2D eigenvalue weighted by Crippen LogP contribution is 2.22. The zero-order valence-corrected chi connectivity index (χ0v) is 13.7. The predicted molar refractivity (Wildman–Crippen MR) is 88.4 cm³/mol. The van der Waals surface area contributed by atoms with Crippen molar-refractivity contribution in [1.29, 1.82) is 5.26 Å². The molecule has 0 aliphatic heterocycles. The van der Waals surface area contributed by atoms with E-state index in [1.165, 1.54) is 43.0 Å². The maximum absolute atomic E-state index is 12.1. The van der Waals surface area contributed by atoms with E-state index in [2.05, 4.69) is 22.4 Å². The Kier molecular flexibility index (Phi) is 6.47. The van der Waals surface area contributed by atoms with Crippen molar-refractivity contribution in [2.45, 2.75) is 49.3 Å². The van der Waals surface area contributed by atoms with Gasteiger partial charge in [-0.2, -0.15) is 5.26 Å². The average Bonchev–Trinajstić information content (AvgIpc) is 2.56. The summed E-state index contributed by atoms with van der Waals surface area (Å²) in [6.07, 6.45) is 9.77. The molecule has 0 saturated carbocycles. The number of rotatable bonds is 6. The molecule has 1 amide bonds. The van der Waals surface area contributed by atoms with E-state index in [0.717, 1.165) is 6.42 Å². The lowest BCUT2D eigenvalue weighted by Crippen LogP contribution is -2.31. The summed E-state index contributed by atoms with van der Waals surface area (Å²) in [5.74, 6) is 0.0190. The molecule has 0 fully saturated rings. The van der Waals surface area contributed by atoms with Gasteiger partial charge in [0.25, 0.3) is 0 Å². The molecular weight excluding hydrogens is 294 g/mol. The largest absolute Gasteiger partial charge is 0.355 e. The van der Waals surface area contributed by atoms with Gasteiger partial charge in [-0.25, -0.2) is 4.98 Å². The van der Waals surface area contributed by atoms with Crippen molar-refractivity contribution >= 4 is 17.7 Å². The number of hydrogen-bond acceptors (Lipinski definition) is 4. The number of hydrogen-bond donors (Lipinski definition) is 1. The summed E-state index contributed by atoms with van der Waals surface area (Å²) in [4.78, 5) is 16.3. The second-order valence-corrected chi connectivity index (χ2v) is 6.76. The third kappa shape index (κ3) is 5.19. The first-order valence-electron chi connectivity index (χ1n) is 7.67. The number of carbonyl (C=O) groups is 1. The number of aromatic nitrogens is 1. The number of nitriles is 1. The summed E-state index contributed by atoms with van der Waals surface area (Å²) >= 11 is 1.38. The molecule has 1 aliphatic rings. The predicted octanol–water partition coefficient (Wildman–Crippen LogP) is 3.44. The first kappa shape index (κ1) is 16.6. The van der Waals surface area contributed by atoms with Crippen molar-refractivity contribution in [3.8, 4) is 6.07 Å². The first-order valence-corrected chi connectivity index (χ1v) is 8.55. The van der Waals surface area contributed by atoms with Gasteiger partial charge in [-0.05, 0) is 51.2 Å². The topological polar surface area (TPSA) is 65.8 Å². The Morgan fingerprint density at radius 1 is 1.55 bits per heavy atom. The van der Waals surface area contributed by atoms with E-state index in [1.807, 2.05) is 6.92 Å². The Bertz CT molecular complexity index is 592. The van der Waals surface area contributed by atoms with Crippen LogP contribution < -0.4 is 5.32 Å². The summed E-state index contributed by atoms with van der Waals surface area (Å²) < 4.78 is 0. The molecule has 1 atom stereocenters. The fraction of sp³-hybridized carbons (Fsp3) is 0.471. The van der Waals surface area contributed by atoms with Crippen LogP contribution in [0.2, 0.25) is 0 Å². The van der Waals surface area contributed by atoms with Crippen molar-refractivity contribution < 1.29 is 4.79 Å². The SMILES string of the molecule is C[C@@H](Sc1cc(C#N)ccn1)C(=O)NCCC1=CCCCC1. The third-order valence-corrected chi connectivity index (χ3v) is 4.69. The van der Waals surface area contributed by atoms with Crippen molar-refractivity contribution in [1.82, 2.24) is 10.3 Å². The van der Waals surface area contributed by atoms with Gasteiger partial charge in [0.05, 0.1) is 21.9 Å². The van der Waals surface area contributed by atoms with E-state index in [-0.39, 0.29) is 11.2 Å². The average molecular weight is 315 g/mol. The Balaban J connectivity index is 1.76. The lowest BCUT2D eigenvalue weighted by Gasteiger charge is -2.14. The molecule has 4 nitrogen and oxygen atoms in total. The van der Waals surface area contributed by atoms with E-state index in [9.17, 15) is 4.79 Å². The highest BCUT2D eigenvalue weighted by molar-refractivity contribution is 8.00. The molecule has 0 aromatic carbocycles. The lowest BCUT2D eigenvalue weighted by atomic mass is 9.97. The first-order chi connectivity index (χ1) is 10.7. The Hall–Kier alpha value is -1.80. The summed E-state index contributed by atoms with van der Waals surface area (Å²) in [6.45, 7) is 2.56. The normalized spacial score (nSPS) is 15.5. The lowest BCUT2D eigenvalue weighted by molar-refractivity contribution is -0.120. The minimum absolute atomic E-state index is 0.0190. The number of nitrogens with one attached hydrogen (secondary N) is 1. The quantitative estimate of drug-likeness (QED) is 0.645. The maximum atomic E-state index is 12.1. The smallest absolute Gasteiger partial charge is 0.233 e. The number of pyridine rings is 1. The van der Waals surface area contributed by atoms with Crippen LogP contribution in [0.5, 0.6) is 0 Å². The number of allylic oxidation sites excluding steroid dienone is 1. The zero-order valence-electron chi connectivity index (χ0n) is 12.8. The summed E-state index contributed by atoms with van der Waals surface area (Å²) in [5, 5.41) is 12.3. The van der Waals surface area contributed by atoms with Crippen LogP contribution in [0.15, 0.2) is 35.0 Å². The molecular formula is C17H21N3OS. The molecule has 116 valence electrons. The van der Waals surface area contributed by atoms with Gasteiger partial charge in [-0.15, -0.1) is 0 Å². The van der Waals surface area contributed by atoms with Gasteiger partial charge >= 0.3 is 0 Å². The summed E-state index contributed by atoms with van der Waals surface area (Å²) in [6, 6.07) is 5.45. The molecule has 0 radical (unpaired) electrons. The fourth-order valence-electron chi connectivity index (χ4n) is 2.40. The molecule has 0 spiro atoms. The van der Waals surface area contributed by atoms with Crippen molar-refractivity contribution in [3.05, 3.63) is 35.5 Å². The Morgan fingerprint density at radius 2 is 2.41 bits per heavy atom. The van der Waals surface area contributed by atoms with E-state index < -0.39 is 0 Å². The van der Waals surface area contributed by atoms with Gasteiger partial charge in [-0.3, -0.25) is 4.79 Å². The van der Waals surface area contributed by atoms with Crippen molar-refractivity contribution in [2.75, 3.05) is 6.54 Å².